The van der Waals surface area contributed by atoms with Crippen molar-refractivity contribution in [1.29, 1.82) is 0 Å². The molecular weight excluding hydrogens is 616 g/mol. The number of alkyl carbamates (subject to hydrolysis) is 1. The molecule has 280 valence electrons. The van der Waals surface area contributed by atoms with Crippen LogP contribution in [0.5, 0.6) is 0 Å². The summed E-state index contributed by atoms with van der Waals surface area (Å²) in [6.07, 6.45) is 10.3. The molecule has 3 N–H and O–H groups in total. The summed E-state index contributed by atoms with van der Waals surface area (Å²) in [5.41, 5.74) is 1.01. The van der Waals surface area contributed by atoms with Crippen LogP contribution < -0.4 is 10.6 Å². The number of hydrogen-bond donors (Lipinski definition) is 3. The number of aliphatic hydroxyl groups is 1. The van der Waals surface area contributed by atoms with Gasteiger partial charge in [-0.05, 0) is 143 Å². The van der Waals surface area contributed by atoms with Crippen LogP contribution >= 0.6 is 0 Å². The van der Waals surface area contributed by atoms with Gasteiger partial charge in [-0.1, -0.05) is 46.8 Å². The Morgan fingerprint density at radius 2 is 1.43 bits per heavy atom. The van der Waals surface area contributed by atoms with Gasteiger partial charge in [0.1, 0.15) is 5.60 Å². The van der Waals surface area contributed by atoms with Crippen LogP contribution in [0, 0.1) is 56.7 Å². The molecule has 8 heteroatoms. The normalized spacial score (nSPS) is 41.0. The maximum atomic E-state index is 14.3. The van der Waals surface area contributed by atoms with Gasteiger partial charge in [0.05, 0.1) is 37.9 Å². The van der Waals surface area contributed by atoms with Crippen molar-refractivity contribution < 1.29 is 28.9 Å². The summed E-state index contributed by atoms with van der Waals surface area (Å²) in [4.78, 5) is 26.0. The largest absolute Gasteiger partial charge is 0.444 e. The van der Waals surface area contributed by atoms with Gasteiger partial charge < -0.3 is 30.0 Å². The number of carbonyl (C=O) groups is 2. The van der Waals surface area contributed by atoms with Crippen molar-refractivity contribution in [3.63, 3.8) is 0 Å². The minimum atomic E-state index is -0.523. The van der Waals surface area contributed by atoms with Crippen molar-refractivity contribution in [2.75, 3.05) is 39.5 Å². The molecular formula is C41H70N2O6. The Kier molecular flexibility index (Phi) is 11.1. The van der Waals surface area contributed by atoms with Gasteiger partial charge in [0.2, 0.25) is 5.91 Å². The Labute approximate surface area is 297 Å². The molecule has 1 unspecified atom stereocenters. The van der Waals surface area contributed by atoms with Crippen molar-refractivity contribution >= 4 is 12.0 Å². The molecule has 0 bridgehead atoms. The average molecular weight is 687 g/mol. The molecule has 0 aromatic rings. The summed E-state index contributed by atoms with van der Waals surface area (Å²) in [6, 6.07) is 0. The molecule has 8 nitrogen and oxygen atoms in total. The predicted molar refractivity (Wildman–Crippen MR) is 194 cm³/mol. The Morgan fingerprint density at radius 1 is 0.776 bits per heavy atom. The van der Waals surface area contributed by atoms with E-state index in [2.05, 4.69) is 58.8 Å². The minimum Gasteiger partial charge on any atom is -0.444 e. The van der Waals surface area contributed by atoms with E-state index in [1.165, 1.54) is 31.3 Å². The molecule has 2 amide bonds. The van der Waals surface area contributed by atoms with Crippen LogP contribution in [-0.4, -0.2) is 68.3 Å². The number of carbonyl (C=O) groups excluding carboxylic acids is 2. The van der Waals surface area contributed by atoms with Crippen LogP contribution in [0.25, 0.3) is 0 Å². The molecule has 5 rings (SSSR count). The zero-order chi connectivity index (χ0) is 36.0. The van der Waals surface area contributed by atoms with E-state index in [0.29, 0.717) is 69.1 Å². The quantitative estimate of drug-likeness (QED) is 0.152. The molecule has 0 heterocycles. The molecule has 0 aromatic heterocycles. The molecule has 5 aliphatic carbocycles. The van der Waals surface area contributed by atoms with E-state index in [9.17, 15) is 14.7 Å². The second kappa shape index (κ2) is 14.1. The maximum Gasteiger partial charge on any atom is 0.407 e. The molecule has 10 atom stereocenters. The number of ether oxygens (including phenoxy) is 3. The van der Waals surface area contributed by atoms with Crippen LogP contribution in [0.1, 0.15) is 127 Å². The Morgan fingerprint density at radius 3 is 2.06 bits per heavy atom. The molecule has 0 saturated heterocycles. The standard InChI is InChI=1S/C41H70N2O6/c1-27(2)28-13-18-41(34(45)42-21-23-47-25-26-48-24-22-43-35(46)49-36(3,4)5)20-19-39(9)29(33(28)41)11-12-31-38(8)16-15-32(44)37(6,7)30(38)14-17-40(31,39)10/h28-33,44H,1,11-26H2,2-10H3,(H,42,45)(H,43,46)/t28-,29?,30-,31+,32+,33-,38-,39+,40+,41-/m0/s1. The van der Waals surface area contributed by atoms with E-state index < -0.39 is 11.7 Å². The first kappa shape index (κ1) is 38.6. The van der Waals surface area contributed by atoms with E-state index in [0.717, 1.165) is 38.5 Å². The van der Waals surface area contributed by atoms with Crippen LogP contribution in [0.15, 0.2) is 12.2 Å². The lowest BCUT2D eigenvalue weighted by Gasteiger charge is -2.72. The third-order valence-corrected chi connectivity index (χ3v) is 15.3. The van der Waals surface area contributed by atoms with Crippen molar-refractivity contribution in [3.05, 3.63) is 12.2 Å². The summed E-state index contributed by atoms with van der Waals surface area (Å²) in [6.45, 7) is 27.2. The highest BCUT2D eigenvalue weighted by atomic mass is 16.6. The number of amides is 2. The summed E-state index contributed by atoms with van der Waals surface area (Å²) in [5.74, 6) is 2.67. The van der Waals surface area contributed by atoms with Crippen LogP contribution in [0.3, 0.4) is 0 Å². The lowest BCUT2D eigenvalue weighted by molar-refractivity contribution is -0.246. The lowest BCUT2D eigenvalue weighted by Crippen LogP contribution is -2.67. The molecule has 5 aliphatic rings. The van der Waals surface area contributed by atoms with Gasteiger partial charge >= 0.3 is 6.09 Å². The summed E-state index contributed by atoms with van der Waals surface area (Å²) < 4.78 is 16.6. The Bertz CT molecular complexity index is 1230. The SMILES string of the molecule is C=C(C)[C@@H]1CC[C@]2(C(=O)NCCOCCOCCNC(=O)OC(C)(C)C)CC[C@]3(C)C(CC[C@@H]4[C@@]5(C)CC[C@@H](O)C(C)(C)[C@@H]5CC[C@]43C)[C@H]12. The first-order chi connectivity index (χ1) is 22.8. The van der Waals surface area contributed by atoms with Crippen molar-refractivity contribution in [1.82, 2.24) is 10.6 Å². The third-order valence-electron chi connectivity index (χ3n) is 15.3. The van der Waals surface area contributed by atoms with Gasteiger partial charge in [0.25, 0.3) is 0 Å². The monoisotopic (exact) mass is 687 g/mol. The summed E-state index contributed by atoms with van der Waals surface area (Å²) in [7, 11) is 0. The number of hydrogen-bond acceptors (Lipinski definition) is 6. The van der Waals surface area contributed by atoms with Crippen LogP contribution in [-0.2, 0) is 19.0 Å². The topological polar surface area (TPSA) is 106 Å². The number of allylic oxidation sites excluding steroid dienone is 1. The highest BCUT2D eigenvalue weighted by Crippen LogP contribution is 2.77. The van der Waals surface area contributed by atoms with Crippen molar-refractivity contribution in [3.8, 4) is 0 Å². The number of rotatable bonds is 11. The van der Waals surface area contributed by atoms with Gasteiger partial charge in [0, 0.05) is 13.1 Å². The minimum absolute atomic E-state index is 0.0418. The van der Waals surface area contributed by atoms with E-state index in [-0.39, 0.29) is 39.1 Å². The fourth-order valence-electron chi connectivity index (χ4n) is 12.8. The first-order valence-corrected chi connectivity index (χ1v) is 19.6. The maximum absolute atomic E-state index is 14.3. The Hall–Kier alpha value is -1.64. The molecule has 49 heavy (non-hydrogen) atoms. The van der Waals surface area contributed by atoms with E-state index >= 15 is 0 Å². The molecule has 0 aromatic carbocycles. The van der Waals surface area contributed by atoms with E-state index in [4.69, 9.17) is 14.2 Å². The van der Waals surface area contributed by atoms with Crippen LogP contribution in [0.2, 0.25) is 0 Å². The highest BCUT2D eigenvalue weighted by Gasteiger charge is 2.71. The second-order valence-corrected chi connectivity index (χ2v) is 19.1. The average Bonchev–Trinajstić information content (AvgIpc) is 3.41. The third kappa shape index (κ3) is 6.86. The van der Waals surface area contributed by atoms with E-state index in [1.54, 1.807) is 0 Å². The van der Waals surface area contributed by atoms with Gasteiger partial charge in [-0.3, -0.25) is 4.79 Å². The molecule has 5 fully saturated rings. The summed E-state index contributed by atoms with van der Waals surface area (Å²) in [5, 5.41) is 17.1. The molecule has 0 aliphatic heterocycles. The fourth-order valence-corrected chi connectivity index (χ4v) is 12.8. The van der Waals surface area contributed by atoms with Crippen LogP contribution in [0.4, 0.5) is 4.79 Å². The van der Waals surface area contributed by atoms with Gasteiger partial charge in [-0.25, -0.2) is 4.79 Å². The molecule has 0 spiro atoms. The molecule has 5 saturated carbocycles. The van der Waals surface area contributed by atoms with Crippen molar-refractivity contribution in [2.24, 2.45) is 56.7 Å². The molecule has 0 radical (unpaired) electrons. The Balaban J connectivity index is 1.18. The lowest BCUT2D eigenvalue weighted by atomic mass is 9.32. The van der Waals surface area contributed by atoms with Crippen molar-refractivity contribution in [2.45, 2.75) is 138 Å². The predicted octanol–water partition coefficient (Wildman–Crippen LogP) is 7.68. The van der Waals surface area contributed by atoms with E-state index in [1.807, 2.05) is 20.8 Å². The van der Waals surface area contributed by atoms with Gasteiger partial charge in [0.15, 0.2) is 0 Å². The number of fused-ring (bicyclic) bond motifs is 7. The zero-order valence-corrected chi connectivity index (χ0v) is 32.5. The smallest absolute Gasteiger partial charge is 0.407 e. The zero-order valence-electron chi connectivity index (χ0n) is 32.5. The second-order valence-electron chi connectivity index (χ2n) is 19.1. The fraction of sp³-hybridized carbons (Fsp3) is 0.902. The van der Waals surface area contributed by atoms with Gasteiger partial charge in [-0.15, -0.1) is 0 Å². The van der Waals surface area contributed by atoms with Gasteiger partial charge in [-0.2, -0.15) is 0 Å². The first-order valence-electron chi connectivity index (χ1n) is 19.6. The number of nitrogens with one attached hydrogen (secondary N) is 2. The highest BCUT2D eigenvalue weighted by molar-refractivity contribution is 5.84. The number of aliphatic hydroxyl groups excluding tert-OH is 1. The summed E-state index contributed by atoms with van der Waals surface area (Å²) >= 11 is 0.